The SMILES string of the molecule is CS(=O)(=O)c1ccc(/C(=C\c2ccco2)C(=O)O)cc1. The average molecular weight is 292 g/mol. The Bertz CT molecular complexity index is 737. The van der Waals surface area contributed by atoms with Gasteiger partial charge in [0.05, 0.1) is 16.7 Å². The first-order valence-electron chi connectivity index (χ1n) is 5.67. The quantitative estimate of drug-likeness (QED) is 0.874. The molecule has 0 bridgehead atoms. The zero-order valence-corrected chi connectivity index (χ0v) is 11.4. The summed E-state index contributed by atoms with van der Waals surface area (Å²) in [7, 11) is -3.30. The van der Waals surface area contributed by atoms with E-state index in [1.165, 1.54) is 36.6 Å². The van der Waals surface area contributed by atoms with Crippen molar-refractivity contribution in [3.63, 3.8) is 0 Å². The molecule has 6 heteroatoms. The maximum Gasteiger partial charge on any atom is 0.336 e. The van der Waals surface area contributed by atoms with Gasteiger partial charge in [-0.2, -0.15) is 0 Å². The molecule has 0 unspecified atom stereocenters. The van der Waals surface area contributed by atoms with Gasteiger partial charge in [-0.3, -0.25) is 0 Å². The maximum absolute atomic E-state index is 11.4. The van der Waals surface area contributed by atoms with Crippen LogP contribution in [0.1, 0.15) is 11.3 Å². The Hall–Kier alpha value is -2.34. The van der Waals surface area contributed by atoms with Crippen LogP contribution in [0.4, 0.5) is 0 Å². The van der Waals surface area contributed by atoms with Crippen molar-refractivity contribution in [2.24, 2.45) is 0 Å². The number of hydrogen-bond acceptors (Lipinski definition) is 4. The fourth-order valence-electron chi connectivity index (χ4n) is 1.67. The van der Waals surface area contributed by atoms with Crippen LogP contribution < -0.4 is 0 Å². The van der Waals surface area contributed by atoms with Crippen LogP contribution in [0.5, 0.6) is 0 Å². The number of aliphatic carboxylic acids is 1. The lowest BCUT2D eigenvalue weighted by Gasteiger charge is -2.04. The van der Waals surface area contributed by atoms with Gasteiger partial charge in [0.25, 0.3) is 0 Å². The number of benzene rings is 1. The van der Waals surface area contributed by atoms with Crippen molar-refractivity contribution >= 4 is 27.5 Å². The lowest BCUT2D eigenvalue weighted by atomic mass is 10.1. The van der Waals surface area contributed by atoms with E-state index >= 15 is 0 Å². The number of furan rings is 1. The first kappa shape index (κ1) is 14.1. The highest BCUT2D eigenvalue weighted by molar-refractivity contribution is 7.90. The largest absolute Gasteiger partial charge is 0.478 e. The van der Waals surface area contributed by atoms with E-state index < -0.39 is 15.8 Å². The summed E-state index contributed by atoms with van der Waals surface area (Å²) < 4.78 is 27.8. The van der Waals surface area contributed by atoms with Gasteiger partial charge in [-0.05, 0) is 35.9 Å². The van der Waals surface area contributed by atoms with E-state index in [1.54, 1.807) is 12.1 Å². The summed E-state index contributed by atoms with van der Waals surface area (Å²) in [5, 5.41) is 9.23. The Morgan fingerprint density at radius 2 is 1.85 bits per heavy atom. The number of hydrogen-bond donors (Lipinski definition) is 1. The Morgan fingerprint density at radius 1 is 1.20 bits per heavy atom. The first-order chi connectivity index (χ1) is 9.38. The van der Waals surface area contributed by atoms with Crippen molar-refractivity contribution in [3.8, 4) is 0 Å². The Kier molecular flexibility index (Phi) is 3.76. The third kappa shape index (κ3) is 3.16. The predicted molar refractivity (Wildman–Crippen MR) is 73.8 cm³/mol. The van der Waals surface area contributed by atoms with E-state index in [2.05, 4.69) is 0 Å². The molecule has 0 aliphatic carbocycles. The molecule has 0 aliphatic rings. The van der Waals surface area contributed by atoms with Crippen molar-refractivity contribution < 1.29 is 22.7 Å². The molecular weight excluding hydrogens is 280 g/mol. The van der Waals surface area contributed by atoms with Gasteiger partial charge in [-0.1, -0.05) is 12.1 Å². The number of rotatable bonds is 4. The summed E-state index contributed by atoms with van der Waals surface area (Å²) in [6, 6.07) is 8.96. The Balaban J connectivity index is 2.44. The molecule has 0 amide bonds. The molecule has 0 fully saturated rings. The molecule has 1 aromatic carbocycles. The van der Waals surface area contributed by atoms with Gasteiger partial charge in [0.1, 0.15) is 5.76 Å². The molecule has 104 valence electrons. The van der Waals surface area contributed by atoms with Gasteiger partial charge in [-0.25, -0.2) is 13.2 Å². The molecule has 0 saturated heterocycles. The molecular formula is C14H12O5S. The molecule has 0 radical (unpaired) electrons. The van der Waals surface area contributed by atoms with Gasteiger partial charge >= 0.3 is 5.97 Å². The second-order valence-corrected chi connectivity index (χ2v) is 6.19. The molecule has 2 aromatic rings. The smallest absolute Gasteiger partial charge is 0.336 e. The van der Waals surface area contributed by atoms with E-state index in [0.717, 1.165) is 6.26 Å². The average Bonchev–Trinajstić information content (AvgIpc) is 2.87. The Labute approximate surface area is 116 Å². The van der Waals surface area contributed by atoms with Gasteiger partial charge in [0, 0.05) is 6.26 Å². The minimum absolute atomic E-state index is 0.0278. The molecule has 1 N–H and O–H groups in total. The minimum atomic E-state index is -3.30. The first-order valence-corrected chi connectivity index (χ1v) is 7.56. The third-order valence-corrected chi connectivity index (χ3v) is 3.78. The lowest BCUT2D eigenvalue weighted by molar-refractivity contribution is -0.130. The monoisotopic (exact) mass is 292 g/mol. The van der Waals surface area contributed by atoms with Crippen molar-refractivity contribution in [2.45, 2.75) is 4.90 Å². The van der Waals surface area contributed by atoms with Crippen LogP contribution in [0, 0.1) is 0 Å². The summed E-state index contributed by atoms with van der Waals surface area (Å²) in [4.78, 5) is 11.4. The highest BCUT2D eigenvalue weighted by Crippen LogP contribution is 2.21. The van der Waals surface area contributed by atoms with Gasteiger partial charge in [0.15, 0.2) is 9.84 Å². The molecule has 20 heavy (non-hydrogen) atoms. The van der Waals surface area contributed by atoms with Crippen LogP contribution in [0.25, 0.3) is 11.6 Å². The zero-order chi connectivity index (χ0) is 14.8. The van der Waals surface area contributed by atoms with Gasteiger partial charge in [0.2, 0.25) is 0 Å². The van der Waals surface area contributed by atoms with Crippen LogP contribution in [-0.4, -0.2) is 25.7 Å². The fraction of sp³-hybridized carbons (Fsp3) is 0.0714. The summed E-state index contributed by atoms with van der Waals surface area (Å²) >= 11 is 0. The number of carbonyl (C=O) groups is 1. The molecule has 0 saturated carbocycles. The predicted octanol–water partition coefficient (Wildman–Crippen LogP) is 2.31. The van der Waals surface area contributed by atoms with E-state index in [0.29, 0.717) is 11.3 Å². The van der Waals surface area contributed by atoms with E-state index in [-0.39, 0.29) is 10.5 Å². The highest BCUT2D eigenvalue weighted by Gasteiger charge is 2.13. The standard InChI is InChI=1S/C14H12O5S/c1-20(17,18)12-6-4-10(5-7-12)13(14(15)16)9-11-3-2-8-19-11/h2-9H,1H3,(H,15,16)/b13-9+. The highest BCUT2D eigenvalue weighted by atomic mass is 32.2. The number of carboxylic acids is 1. The Morgan fingerprint density at radius 3 is 2.30 bits per heavy atom. The minimum Gasteiger partial charge on any atom is -0.478 e. The molecule has 5 nitrogen and oxygen atoms in total. The number of carboxylic acid groups (broad SMARTS) is 1. The van der Waals surface area contributed by atoms with E-state index in [1.807, 2.05) is 0 Å². The van der Waals surface area contributed by atoms with Crippen LogP contribution in [0.15, 0.2) is 52.0 Å². The van der Waals surface area contributed by atoms with Gasteiger partial charge in [-0.15, -0.1) is 0 Å². The normalized spacial score (nSPS) is 12.3. The van der Waals surface area contributed by atoms with Crippen molar-refractivity contribution in [1.82, 2.24) is 0 Å². The summed E-state index contributed by atoms with van der Waals surface area (Å²) in [5.74, 6) is -0.705. The second kappa shape index (κ2) is 5.34. The molecule has 1 heterocycles. The molecule has 0 aliphatic heterocycles. The summed E-state index contributed by atoms with van der Waals surface area (Å²) in [6.07, 6.45) is 3.93. The second-order valence-electron chi connectivity index (χ2n) is 4.18. The van der Waals surface area contributed by atoms with Crippen molar-refractivity contribution in [3.05, 3.63) is 54.0 Å². The topological polar surface area (TPSA) is 84.6 Å². The number of sulfone groups is 1. The van der Waals surface area contributed by atoms with Crippen LogP contribution in [-0.2, 0) is 14.6 Å². The van der Waals surface area contributed by atoms with Crippen molar-refractivity contribution in [2.75, 3.05) is 6.26 Å². The zero-order valence-electron chi connectivity index (χ0n) is 10.6. The third-order valence-electron chi connectivity index (χ3n) is 2.65. The van der Waals surface area contributed by atoms with E-state index in [9.17, 15) is 18.3 Å². The summed E-state index contributed by atoms with van der Waals surface area (Å²) in [6.45, 7) is 0. The van der Waals surface area contributed by atoms with E-state index in [4.69, 9.17) is 4.42 Å². The van der Waals surface area contributed by atoms with Crippen molar-refractivity contribution in [1.29, 1.82) is 0 Å². The molecule has 0 atom stereocenters. The molecule has 2 rings (SSSR count). The van der Waals surface area contributed by atoms with Crippen LogP contribution in [0.2, 0.25) is 0 Å². The lowest BCUT2D eigenvalue weighted by Crippen LogP contribution is -2.01. The maximum atomic E-state index is 11.4. The van der Waals surface area contributed by atoms with Crippen LogP contribution >= 0.6 is 0 Å². The van der Waals surface area contributed by atoms with Crippen LogP contribution in [0.3, 0.4) is 0 Å². The molecule has 0 spiro atoms. The van der Waals surface area contributed by atoms with Gasteiger partial charge < -0.3 is 9.52 Å². The summed E-state index contributed by atoms with van der Waals surface area (Å²) in [5.41, 5.74) is 0.432. The molecule has 1 aromatic heterocycles. The fourth-order valence-corrected chi connectivity index (χ4v) is 2.30.